The minimum atomic E-state index is 0.759. The highest BCUT2D eigenvalue weighted by molar-refractivity contribution is 7.19. The molecular weight excluding hydrogens is 192 g/mol. The van der Waals surface area contributed by atoms with Crippen LogP contribution in [-0.2, 0) is 6.42 Å². The number of fused-ring (bicyclic) bond motifs is 1. The standard InChI is InChI=1S/C11H10N2S/c1-2-8-9-5-7(13)3-4-10(9)14-11(8)6-12/h3-5H,2,13H2,1H3. The molecule has 1 aromatic carbocycles. The van der Waals surface area contributed by atoms with E-state index in [0.29, 0.717) is 0 Å². The number of anilines is 1. The second-order valence-corrected chi connectivity index (χ2v) is 4.18. The summed E-state index contributed by atoms with van der Waals surface area (Å²) in [5.74, 6) is 0. The van der Waals surface area contributed by atoms with Gasteiger partial charge in [0.15, 0.2) is 0 Å². The third-order valence-electron chi connectivity index (χ3n) is 2.27. The predicted molar refractivity (Wildman–Crippen MR) is 60.3 cm³/mol. The third kappa shape index (κ3) is 1.24. The SMILES string of the molecule is CCc1c(C#N)sc2ccc(N)cc12. The Balaban J connectivity index is 2.83. The molecule has 2 rings (SSSR count). The van der Waals surface area contributed by atoms with Crippen molar-refractivity contribution in [3.8, 4) is 6.07 Å². The van der Waals surface area contributed by atoms with Crippen LogP contribution in [0.25, 0.3) is 10.1 Å². The van der Waals surface area contributed by atoms with E-state index >= 15 is 0 Å². The second kappa shape index (κ2) is 3.32. The smallest absolute Gasteiger partial charge is 0.110 e. The number of hydrogen-bond acceptors (Lipinski definition) is 3. The van der Waals surface area contributed by atoms with Gasteiger partial charge in [-0.1, -0.05) is 6.92 Å². The molecule has 2 nitrogen and oxygen atoms in total. The quantitative estimate of drug-likeness (QED) is 0.723. The van der Waals surface area contributed by atoms with Crippen molar-refractivity contribution in [2.24, 2.45) is 0 Å². The summed E-state index contributed by atoms with van der Waals surface area (Å²) < 4.78 is 1.15. The number of hydrogen-bond donors (Lipinski definition) is 1. The monoisotopic (exact) mass is 202 g/mol. The largest absolute Gasteiger partial charge is 0.399 e. The molecule has 14 heavy (non-hydrogen) atoms. The molecular formula is C11H10N2S. The van der Waals surface area contributed by atoms with Gasteiger partial charge in [-0.15, -0.1) is 11.3 Å². The minimum Gasteiger partial charge on any atom is -0.399 e. The fourth-order valence-corrected chi connectivity index (χ4v) is 2.68. The number of nitrogens with zero attached hydrogens (tertiary/aromatic N) is 1. The van der Waals surface area contributed by atoms with Crippen molar-refractivity contribution >= 4 is 27.1 Å². The molecule has 0 atom stereocenters. The summed E-state index contributed by atoms with van der Waals surface area (Å²) in [6, 6.07) is 8.04. The lowest BCUT2D eigenvalue weighted by molar-refractivity contribution is 1.16. The van der Waals surface area contributed by atoms with Crippen LogP contribution in [-0.4, -0.2) is 0 Å². The first-order valence-corrected chi connectivity index (χ1v) is 5.29. The second-order valence-electron chi connectivity index (χ2n) is 3.13. The molecule has 2 aromatic rings. The molecule has 0 aliphatic carbocycles. The van der Waals surface area contributed by atoms with Crippen molar-refractivity contribution in [3.05, 3.63) is 28.6 Å². The fraction of sp³-hybridized carbons (Fsp3) is 0.182. The Labute approximate surface area is 86.6 Å². The van der Waals surface area contributed by atoms with Crippen LogP contribution in [0.2, 0.25) is 0 Å². The summed E-state index contributed by atoms with van der Waals surface area (Å²) in [6.07, 6.45) is 0.881. The maximum atomic E-state index is 8.95. The van der Waals surface area contributed by atoms with Crippen LogP contribution in [0.5, 0.6) is 0 Å². The summed E-state index contributed by atoms with van der Waals surface area (Å²) in [5, 5.41) is 10.1. The maximum absolute atomic E-state index is 8.95. The summed E-state index contributed by atoms with van der Waals surface area (Å²) in [7, 11) is 0. The van der Waals surface area contributed by atoms with Crippen LogP contribution in [0, 0.1) is 11.3 Å². The Kier molecular flexibility index (Phi) is 2.14. The first-order chi connectivity index (χ1) is 6.76. The summed E-state index contributed by atoms with van der Waals surface area (Å²) in [5.41, 5.74) is 7.60. The van der Waals surface area contributed by atoms with Gasteiger partial charge in [-0.3, -0.25) is 0 Å². The van der Waals surface area contributed by atoms with E-state index < -0.39 is 0 Å². The number of aryl methyl sites for hydroxylation is 1. The topological polar surface area (TPSA) is 49.8 Å². The molecule has 0 spiro atoms. The summed E-state index contributed by atoms with van der Waals surface area (Å²) >= 11 is 1.54. The number of rotatable bonds is 1. The summed E-state index contributed by atoms with van der Waals surface area (Å²) in [4.78, 5) is 0.813. The number of thiophene rings is 1. The van der Waals surface area contributed by atoms with Crippen molar-refractivity contribution in [1.29, 1.82) is 5.26 Å². The van der Waals surface area contributed by atoms with Gasteiger partial charge < -0.3 is 5.73 Å². The fourth-order valence-electron chi connectivity index (χ4n) is 1.61. The number of nitriles is 1. The Hall–Kier alpha value is -1.53. The van der Waals surface area contributed by atoms with Gasteiger partial charge in [0, 0.05) is 10.4 Å². The first-order valence-electron chi connectivity index (χ1n) is 4.47. The Morgan fingerprint density at radius 3 is 2.93 bits per heavy atom. The van der Waals surface area contributed by atoms with Gasteiger partial charge in [0.25, 0.3) is 0 Å². The van der Waals surface area contributed by atoms with Gasteiger partial charge in [0.1, 0.15) is 10.9 Å². The zero-order valence-corrected chi connectivity index (χ0v) is 8.69. The lowest BCUT2D eigenvalue weighted by Gasteiger charge is -1.96. The van der Waals surface area contributed by atoms with Crippen molar-refractivity contribution in [1.82, 2.24) is 0 Å². The van der Waals surface area contributed by atoms with E-state index in [4.69, 9.17) is 11.0 Å². The molecule has 0 unspecified atom stereocenters. The molecule has 0 aliphatic rings. The molecule has 1 heterocycles. The molecule has 0 fully saturated rings. The highest BCUT2D eigenvalue weighted by Crippen LogP contribution is 2.32. The number of nitrogens with two attached hydrogens (primary N) is 1. The van der Waals surface area contributed by atoms with Crippen LogP contribution >= 0.6 is 11.3 Å². The van der Waals surface area contributed by atoms with Crippen molar-refractivity contribution < 1.29 is 0 Å². The van der Waals surface area contributed by atoms with E-state index in [9.17, 15) is 0 Å². The Bertz CT molecular complexity index is 520. The predicted octanol–water partition coefficient (Wildman–Crippen LogP) is 2.92. The number of benzene rings is 1. The van der Waals surface area contributed by atoms with Gasteiger partial charge in [0.2, 0.25) is 0 Å². The molecule has 0 radical (unpaired) electrons. The van der Waals surface area contributed by atoms with Crippen LogP contribution in [0.15, 0.2) is 18.2 Å². The van der Waals surface area contributed by atoms with Gasteiger partial charge in [-0.25, -0.2) is 0 Å². The molecule has 70 valence electrons. The van der Waals surface area contributed by atoms with Crippen LogP contribution in [0.4, 0.5) is 5.69 Å². The van der Waals surface area contributed by atoms with E-state index in [0.717, 1.165) is 32.6 Å². The molecule has 0 saturated heterocycles. The van der Waals surface area contributed by atoms with Crippen LogP contribution in [0.3, 0.4) is 0 Å². The van der Waals surface area contributed by atoms with Crippen molar-refractivity contribution in [2.45, 2.75) is 13.3 Å². The van der Waals surface area contributed by atoms with Gasteiger partial charge >= 0.3 is 0 Å². The maximum Gasteiger partial charge on any atom is 0.110 e. The van der Waals surface area contributed by atoms with Gasteiger partial charge in [-0.05, 0) is 35.6 Å². The molecule has 1 aromatic heterocycles. The lowest BCUT2D eigenvalue weighted by Crippen LogP contribution is -1.84. The van der Waals surface area contributed by atoms with Crippen molar-refractivity contribution in [2.75, 3.05) is 5.73 Å². The Morgan fingerprint density at radius 1 is 1.50 bits per heavy atom. The molecule has 0 amide bonds. The zero-order chi connectivity index (χ0) is 10.1. The van der Waals surface area contributed by atoms with E-state index in [-0.39, 0.29) is 0 Å². The van der Waals surface area contributed by atoms with Gasteiger partial charge in [-0.2, -0.15) is 5.26 Å². The normalized spacial score (nSPS) is 10.3. The van der Waals surface area contributed by atoms with Crippen LogP contribution < -0.4 is 5.73 Å². The highest BCUT2D eigenvalue weighted by atomic mass is 32.1. The van der Waals surface area contributed by atoms with Crippen molar-refractivity contribution in [3.63, 3.8) is 0 Å². The highest BCUT2D eigenvalue weighted by Gasteiger charge is 2.09. The van der Waals surface area contributed by atoms with E-state index in [1.807, 2.05) is 18.2 Å². The molecule has 0 saturated carbocycles. The average Bonchev–Trinajstić information content (AvgIpc) is 2.54. The molecule has 0 aliphatic heterocycles. The third-order valence-corrected chi connectivity index (χ3v) is 3.39. The zero-order valence-electron chi connectivity index (χ0n) is 7.87. The molecule has 2 N–H and O–H groups in total. The van der Waals surface area contributed by atoms with E-state index in [1.54, 1.807) is 11.3 Å². The van der Waals surface area contributed by atoms with Crippen LogP contribution in [0.1, 0.15) is 17.4 Å². The minimum absolute atomic E-state index is 0.759. The van der Waals surface area contributed by atoms with Gasteiger partial charge in [0.05, 0.1) is 0 Å². The molecule has 0 bridgehead atoms. The number of nitrogen functional groups attached to an aromatic ring is 1. The van der Waals surface area contributed by atoms with E-state index in [2.05, 4.69) is 13.0 Å². The summed E-state index contributed by atoms with van der Waals surface area (Å²) in [6.45, 7) is 2.06. The molecule has 3 heteroatoms. The Morgan fingerprint density at radius 2 is 2.29 bits per heavy atom. The average molecular weight is 202 g/mol. The lowest BCUT2D eigenvalue weighted by atomic mass is 10.1. The first kappa shape index (κ1) is 9.04. The van der Waals surface area contributed by atoms with E-state index in [1.165, 1.54) is 0 Å².